The molecule has 1 fully saturated rings. The van der Waals surface area contributed by atoms with Gasteiger partial charge in [-0.1, -0.05) is 18.6 Å². The van der Waals surface area contributed by atoms with Gasteiger partial charge in [-0.2, -0.15) is 0 Å². The molecule has 0 bridgehead atoms. The lowest BCUT2D eigenvalue weighted by molar-refractivity contribution is 0.0732. The van der Waals surface area contributed by atoms with Crippen LogP contribution >= 0.6 is 24.0 Å². The fraction of sp³-hybridized carbons (Fsp3) is 0.650. The quantitative estimate of drug-likeness (QED) is 0.328. The molecule has 0 unspecified atom stereocenters. The lowest BCUT2D eigenvalue weighted by Gasteiger charge is -2.42. The van der Waals surface area contributed by atoms with Crippen LogP contribution in [0.2, 0.25) is 0 Å². The van der Waals surface area contributed by atoms with Gasteiger partial charge in [0.05, 0.1) is 0 Å². The molecule has 1 aliphatic rings. The number of nitrogens with zero attached hydrogens (tertiary/aromatic N) is 2. The van der Waals surface area contributed by atoms with Gasteiger partial charge >= 0.3 is 0 Å². The number of aliphatic imine (C=N–C) groups is 1. The van der Waals surface area contributed by atoms with E-state index in [0.29, 0.717) is 5.41 Å². The van der Waals surface area contributed by atoms with Gasteiger partial charge in [0, 0.05) is 53.6 Å². The largest absolute Gasteiger partial charge is 0.385 e. The average Bonchev–Trinajstić information content (AvgIpc) is 2.59. The third-order valence-electron chi connectivity index (χ3n) is 5.26. The number of anilines is 1. The highest BCUT2D eigenvalue weighted by molar-refractivity contribution is 14.0. The zero-order chi connectivity index (χ0) is 18.1. The van der Waals surface area contributed by atoms with Gasteiger partial charge < -0.3 is 20.3 Å². The number of guanidine groups is 1. The topological polar surface area (TPSA) is 48.9 Å². The van der Waals surface area contributed by atoms with Crippen LogP contribution in [0.4, 0.5) is 5.69 Å². The first-order chi connectivity index (χ1) is 12.1. The second kappa shape index (κ2) is 11.6. The fourth-order valence-electron chi connectivity index (χ4n) is 3.29. The van der Waals surface area contributed by atoms with Crippen LogP contribution in [0.25, 0.3) is 0 Å². The maximum absolute atomic E-state index is 5.27. The molecule has 0 heterocycles. The Morgan fingerprint density at radius 2 is 1.88 bits per heavy atom. The summed E-state index contributed by atoms with van der Waals surface area (Å²) in [7, 11) is 7.75. The molecule has 0 aromatic heterocycles. The predicted octanol–water partition coefficient (Wildman–Crippen LogP) is 3.28. The molecule has 2 N–H and O–H groups in total. The first kappa shape index (κ1) is 23.0. The van der Waals surface area contributed by atoms with Crippen LogP contribution in [0.1, 0.15) is 31.2 Å². The summed E-state index contributed by atoms with van der Waals surface area (Å²) < 4.78 is 5.27. The van der Waals surface area contributed by atoms with Crippen molar-refractivity contribution in [3.63, 3.8) is 0 Å². The van der Waals surface area contributed by atoms with E-state index < -0.39 is 0 Å². The van der Waals surface area contributed by atoms with Crippen LogP contribution in [0.5, 0.6) is 0 Å². The Morgan fingerprint density at radius 1 is 1.19 bits per heavy atom. The molecular formula is C20H35IN4O. The van der Waals surface area contributed by atoms with E-state index in [1.54, 1.807) is 7.11 Å². The fourth-order valence-corrected chi connectivity index (χ4v) is 3.29. The van der Waals surface area contributed by atoms with E-state index in [2.05, 4.69) is 58.9 Å². The molecule has 1 aliphatic carbocycles. The monoisotopic (exact) mass is 474 g/mol. The number of halogens is 1. The molecule has 1 aromatic carbocycles. The van der Waals surface area contributed by atoms with Gasteiger partial charge in [0.25, 0.3) is 0 Å². The van der Waals surface area contributed by atoms with Crippen molar-refractivity contribution in [1.82, 2.24) is 10.6 Å². The molecular weight excluding hydrogens is 439 g/mol. The molecule has 0 amide bonds. The molecule has 0 saturated heterocycles. The lowest BCUT2D eigenvalue weighted by atomic mass is 9.67. The number of hydrogen-bond acceptors (Lipinski definition) is 3. The third-order valence-corrected chi connectivity index (χ3v) is 5.26. The van der Waals surface area contributed by atoms with E-state index >= 15 is 0 Å². The van der Waals surface area contributed by atoms with Gasteiger partial charge in [-0.05, 0) is 48.8 Å². The van der Waals surface area contributed by atoms with Crippen molar-refractivity contribution < 1.29 is 4.74 Å². The van der Waals surface area contributed by atoms with E-state index in [-0.39, 0.29) is 24.0 Å². The number of methoxy groups -OCH3 is 1. The molecule has 1 saturated carbocycles. The minimum absolute atomic E-state index is 0. The molecule has 0 radical (unpaired) electrons. The Bertz CT molecular complexity index is 541. The zero-order valence-corrected chi connectivity index (χ0v) is 19.0. The minimum atomic E-state index is 0. The SMILES string of the molecule is CN=C(NCCc1ccc(N(C)C)cc1)NCC1(CCOC)CCC1.I. The first-order valence-electron chi connectivity index (χ1n) is 9.28. The summed E-state index contributed by atoms with van der Waals surface area (Å²) in [4.78, 5) is 6.47. The normalized spacial score (nSPS) is 15.6. The summed E-state index contributed by atoms with van der Waals surface area (Å²) in [6.07, 6.45) is 6.03. The Labute approximate surface area is 176 Å². The second-order valence-electron chi connectivity index (χ2n) is 7.26. The highest BCUT2D eigenvalue weighted by Gasteiger charge is 2.36. The molecule has 0 atom stereocenters. The molecule has 1 aromatic rings. The van der Waals surface area contributed by atoms with Crippen molar-refractivity contribution in [2.45, 2.75) is 32.1 Å². The van der Waals surface area contributed by atoms with E-state index in [1.165, 1.54) is 30.5 Å². The summed E-state index contributed by atoms with van der Waals surface area (Å²) >= 11 is 0. The van der Waals surface area contributed by atoms with Crippen molar-refractivity contribution in [2.75, 3.05) is 52.8 Å². The van der Waals surface area contributed by atoms with Gasteiger partial charge in [-0.3, -0.25) is 4.99 Å². The average molecular weight is 474 g/mol. The van der Waals surface area contributed by atoms with Crippen LogP contribution in [-0.4, -0.2) is 53.9 Å². The van der Waals surface area contributed by atoms with Gasteiger partial charge in [-0.15, -0.1) is 24.0 Å². The van der Waals surface area contributed by atoms with Gasteiger partial charge in [0.2, 0.25) is 0 Å². The van der Waals surface area contributed by atoms with Crippen molar-refractivity contribution in [1.29, 1.82) is 0 Å². The highest BCUT2D eigenvalue weighted by Crippen LogP contribution is 2.43. The molecule has 148 valence electrons. The number of hydrogen-bond donors (Lipinski definition) is 2. The van der Waals surface area contributed by atoms with Crippen LogP contribution in [0, 0.1) is 5.41 Å². The van der Waals surface area contributed by atoms with Crippen LogP contribution in [0.3, 0.4) is 0 Å². The third kappa shape index (κ3) is 6.95. The van der Waals surface area contributed by atoms with Crippen LogP contribution in [0.15, 0.2) is 29.3 Å². The van der Waals surface area contributed by atoms with Crippen molar-refractivity contribution >= 4 is 35.6 Å². The van der Waals surface area contributed by atoms with E-state index in [1.807, 2.05) is 7.05 Å². The van der Waals surface area contributed by atoms with E-state index in [0.717, 1.165) is 38.5 Å². The zero-order valence-electron chi connectivity index (χ0n) is 16.7. The highest BCUT2D eigenvalue weighted by atomic mass is 127. The van der Waals surface area contributed by atoms with Crippen molar-refractivity contribution in [3.8, 4) is 0 Å². The first-order valence-corrected chi connectivity index (χ1v) is 9.28. The second-order valence-corrected chi connectivity index (χ2v) is 7.26. The number of nitrogens with one attached hydrogen (secondary N) is 2. The molecule has 2 rings (SSSR count). The Hall–Kier alpha value is -1.02. The van der Waals surface area contributed by atoms with Gasteiger partial charge in [0.1, 0.15) is 0 Å². The summed E-state index contributed by atoms with van der Waals surface area (Å²) in [6, 6.07) is 8.72. The van der Waals surface area contributed by atoms with Gasteiger partial charge in [-0.25, -0.2) is 0 Å². The summed E-state index contributed by atoms with van der Waals surface area (Å²) in [5.41, 5.74) is 2.97. The maximum Gasteiger partial charge on any atom is 0.191 e. The Balaban J connectivity index is 0.00000338. The molecule has 0 spiro atoms. The van der Waals surface area contributed by atoms with Crippen molar-refractivity contribution in [3.05, 3.63) is 29.8 Å². The predicted molar refractivity (Wildman–Crippen MR) is 122 cm³/mol. The number of rotatable bonds is 9. The van der Waals surface area contributed by atoms with Crippen LogP contribution in [-0.2, 0) is 11.2 Å². The Morgan fingerprint density at radius 3 is 2.38 bits per heavy atom. The summed E-state index contributed by atoms with van der Waals surface area (Å²) in [6.45, 7) is 2.70. The lowest BCUT2D eigenvalue weighted by Crippen LogP contribution is -2.47. The smallest absolute Gasteiger partial charge is 0.191 e. The summed E-state index contributed by atoms with van der Waals surface area (Å²) in [5.74, 6) is 0.897. The number of ether oxygens (including phenoxy) is 1. The molecule has 6 heteroatoms. The van der Waals surface area contributed by atoms with Crippen LogP contribution < -0.4 is 15.5 Å². The van der Waals surface area contributed by atoms with Crippen molar-refractivity contribution in [2.24, 2.45) is 10.4 Å². The summed E-state index contributed by atoms with van der Waals surface area (Å²) in [5, 5.41) is 6.94. The van der Waals surface area contributed by atoms with E-state index in [4.69, 9.17) is 4.74 Å². The molecule has 26 heavy (non-hydrogen) atoms. The molecule has 5 nitrogen and oxygen atoms in total. The molecule has 0 aliphatic heterocycles. The minimum Gasteiger partial charge on any atom is -0.385 e. The standard InChI is InChI=1S/C20H34N4O.HI/c1-21-19(23-16-20(11-5-12-20)13-15-25-4)22-14-10-17-6-8-18(9-7-17)24(2)3;/h6-9H,5,10-16H2,1-4H3,(H2,21,22,23);1H. The Kier molecular flexibility index (Phi) is 10.3. The van der Waals surface area contributed by atoms with Gasteiger partial charge in [0.15, 0.2) is 5.96 Å². The van der Waals surface area contributed by atoms with E-state index in [9.17, 15) is 0 Å². The number of benzene rings is 1. The maximum atomic E-state index is 5.27.